The smallest absolute Gasteiger partial charge is 0.187 e. The van der Waals surface area contributed by atoms with Crippen molar-refractivity contribution >= 4 is 17.4 Å². The number of aromatic nitrogens is 2. The molecule has 0 aliphatic carbocycles. The van der Waals surface area contributed by atoms with Crippen molar-refractivity contribution in [3.05, 3.63) is 17.8 Å². The second kappa shape index (κ2) is 4.95. The highest BCUT2D eigenvalue weighted by molar-refractivity contribution is 6.18. The van der Waals surface area contributed by atoms with Crippen LogP contribution < -0.4 is 4.90 Å². The van der Waals surface area contributed by atoms with Gasteiger partial charge in [0.25, 0.3) is 0 Å². The summed E-state index contributed by atoms with van der Waals surface area (Å²) in [7, 11) is 0. The molecular formula is C11H15ClFN3. The Morgan fingerprint density at radius 3 is 3.06 bits per heavy atom. The highest BCUT2D eigenvalue weighted by atomic mass is 35.5. The molecule has 0 aromatic carbocycles. The van der Waals surface area contributed by atoms with Gasteiger partial charge < -0.3 is 4.90 Å². The van der Waals surface area contributed by atoms with E-state index in [0.29, 0.717) is 23.8 Å². The monoisotopic (exact) mass is 243 g/mol. The van der Waals surface area contributed by atoms with Crippen LogP contribution in [0.15, 0.2) is 6.33 Å². The van der Waals surface area contributed by atoms with Gasteiger partial charge in [-0.25, -0.2) is 14.4 Å². The van der Waals surface area contributed by atoms with Gasteiger partial charge in [-0.05, 0) is 19.3 Å². The molecule has 1 aromatic heterocycles. The van der Waals surface area contributed by atoms with Gasteiger partial charge >= 0.3 is 0 Å². The van der Waals surface area contributed by atoms with E-state index in [1.165, 1.54) is 6.33 Å². The largest absolute Gasteiger partial charge is 0.350 e. The molecule has 5 heteroatoms. The van der Waals surface area contributed by atoms with Gasteiger partial charge in [-0.3, -0.25) is 0 Å². The van der Waals surface area contributed by atoms with Gasteiger partial charge in [-0.15, -0.1) is 11.6 Å². The standard InChI is InChI=1S/C11H15ClFN3/c1-2-9-10(13)11(15-7-14-9)16-5-3-4-8(16)6-12/h7-8H,2-6H2,1H3. The summed E-state index contributed by atoms with van der Waals surface area (Å²) in [6.45, 7) is 2.71. The lowest BCUT2D eigenvalue weighted by Gasteiger charge is -2.24. The fourth-order valence-electron chi connectivity index (χ4n) is 2.12. The Morgan fingerprint density at radius 1 is 1.56 bits per heavy atom. The number of anilines is 1. The van der Waals surface area contributed by atoms with E-state index in [1.807, 2.05) is 11.8 Å². The van der Waals surface area contributed by atoms with Crippen molar-refractivity contribution in [3.63, 3.8) is 0 Å². The van der Waals surface area contributed by atoms with Crippen molar-refractivity contribution in [2.24, 2.45) is 0 Å². The second-order valence-corrected chi connectivity index (χ2v) is 4.26. The Kier molecular flexibility index (Phi) is 3.59. The zero-order valence-corrected chi connectivity index (χ0v) is 10.0. The number of alkyl halides is 1. The number of nitrogens with zero attached hydrogens (tertiary/aromatic N) is 3. The SMILES string of the molecule is CCc1ncnc(N2CCCC2CCl)c1F. The minimum absolute atomic E-state index is 0.204. The van der Waals surface area contributed by atoms with Gasteiger partial charge in [0.2, 0.25) is 0 Å². The molecule has 0 spiro atoms. The molecule has 0 amide bonds. The van der Waals surface area contributed by atoms with Crippen molar-refractivity contribution in [2.45, 2.75) is 32.2 Å². The fourth-order valence-corrected chi connectivity index (χ4v) is 2.44. The van der Waals surface area contributed by atoms with Crippen molar-refractivity contribution in [1.82, 2.24) is 9.97 Å². The van der Waals surface area contributed by atoms with E-state index in [2.05, 4.69) is 9.97 Å². The first-order valence-corrected chi connectivity index (χ1v) is 6.13. The van der Waals surface area contributed by atoms with E-state index in [9.17, 15) is 4.39 Å². The van der Waals surface area contributed by atoms with Crippen LogP contribution in [-0.4, -0.2) is 28.4 Å². The van der Waals surface area contributed by atoms with Crippen LogP contribution in [0.4, 0.5) is 10.2 Å². The molecule has 1 atom stereocenters. The zero-order chi connectivity index (χ0) is 11.5. The predicted octanol–water partition coefficient (Wildman–Crippen LogP) is 2.39. The number of hydrogen-bond donors (Lipinski definition) is 0. The lowest BCUT2D eigenvalue weighted by Crippen LogP contribution is -2.32. The lowest BCUT2D eigenvalue weighted by molar-refractivity contribution is 0.580. The fraction of sp³-hybridized carbons (Fsp3) is 0.636. The molecule has 0 N–H and O–H groups in total. The molecule has 3 nitrogen and oxygen atoms in total. The highest BCUT2D eigenvalue weighted by Crippen LogP contribution is 2.27. The minimum atomic E-state index is -0.290. The molecule has 1 unspecified atom stereocenters. The van der Waals surface area contributed by atoms with Crippen LogP contribution in [0.5, 0.6) is 0 Å². The summed E-state index contributed by atoms with van der Waals surface area (Å²) in [5, 5.41) is 0. The van der Waals surface area contributed by atoms with E-state index >= 15 is 0 Å². The van der Waals surface area contributed by atoms with Crippen LogP contribution >= 0.6 is 11.6 Å². The summed E-state index contributed by atoms with van der Waals surface area (Å²) in [4.78, 5) is 9.94. The Bertz CT molecular complexity index is 372. The van der Waals surface area contributed by atoms with E-state index in [4.69, 9.17) is 11.6 Å². The third kappa shape index (κ3) is 1.98. The third-order valence-corrected chi connectivity index (χ3v) is 3.36. The molecule has 16 heavy (non-hydrogen) atoms. The molecule has 2 rings (SSSR count). The van der Waals surface area contributed by atoms with Crippen molar-refractivity contribution in [2.75, 3.05) is 17.3 Å². The van der Waals surface area contributed by atoms with E-state index in [1.54, 1.807) is 0 Å². The van der Waals surface area contributed by atoms with Gasteiger partial charge in [-0.2, -0.15) is 0 Å². The summed E-state index contributed by atoms with van der Waals surface area (Å²) in [5.41, 5.74) is 0.477. The van der Waals surface area contributed by atoms with Gasteiger partial charge in [0.1, 0.15) is 6.33 Å². The Labute approximate surface area is 99.6 Å². The molecule has 0 bridgehead atoms. The summed E-state index contributed by atoms with van der Waals surface area (Å²) in [6, 6.07) is 0.204. The van der Waals surface area contributed by atoms with Crippen LogP contribution in [0, 0.1) is 5.82 Å². The average molecular weight is 244 g/mol. The van der Waals surface area contributed by atoms with Crippen LogP contribution in [-0.2, 0) is 6.42 Å². The zero-order valence-electron chi connectivity index (χ0n) is 9.29. The number of rotatable bonds is 3. The lowest BCUT2D eigenvalue weighted by atomic mass is 10.2. The molecule has 1 aromatic rings. The number of aryl methyl sites for hydroxylation is 1. The normalized spacial score (nSPS) is 20.4. The molecule has 1 saturated heterocycles. The molecule has 1 aliphatic rings. The summed E-state index contributed by atoms with van der Waals surface area (Å²) in [6.07, 6.45) is 4.07. The molecule has 1 fully saturated rings. The molecular weight excluding hydrogens is 229 g/mol. The summed E-state index contributed by atoms with van der Waals surface area (Å²) < 4.78 is 14.0. The van der Waals surface area contributed by atoms with Crippen LogP contribution in [0.1, 0.15) is 25.5 Å². The number of halogens is 2. The molecule has 2 heterocycles. The van der Waals surface area contributed by atoms with Crippen LogP contribution in [0.2, 0.25) is 0 Å². The Morgan fingerprint density at radius 2 is 2.38 bits per heavy atom. The van der Waals surface area contributed by atoms with Gasteiger partial charge in [-0.1, -0.05) is 6.92 Å². The first-order chi connectivity index (χ1) is 7.77. The third-order valence-electron chi connectivity index (χ3n) is 3.01. The first kappa shape index (κ1) is 11.6. The second-order valence-electron chi connectivity index (χ2n) is 3.96. The van der Waals surface area contributed by atoms with Crippen LogP contribution in [0.25, 0.3) is 0 Å². The van der Waals surface area contributed by atoms with E-state index in [0.717, 1.165) is 19.4 Å². The maximum atomic E-state index is 14.0. The van der Waals surface area contributed by atoms with Gasteiger partial charge in [0.15, 0.2) is 11.6 Å². The highest BCUT2D eigenvalue weighted by Gasteiger charge is 2.27. The summed E-state index contributed by atoms with van der Waals surface area (Å²) in [5.74, 6) is 0.641. The van der Waals surface area contributed by atoms with Crippen molar-refractivity contribution in [3.8, 4) is 0 Å². The average Bonchev–Trinajstić information content (AvgIpc) is 2.77. The maximum absolute atomic E-state index is 14.0. The van der Waals surface area contributed by atoms with Gasteiger partial charge in [0, 0.05) is 18.5 Å². The summed E-state index contributed by atoms with van der Waals surface area (Å²) >= 11 is 5.87. The first-order valence-electron chi connectivity index (χ1n) is 5.60. The minimum Gasteiger partial charge on any atom is -0.350 e. The van der Waals surface area contributed by atoms with Crippen molar-refractivity contribution in [1.29, 1.82) is 0 Å². The molecule has 0 radical (unpaired) electrons. The van der Waals surface area contributed by atoms with E-state index in [-0.39, 0.29) is 11.9 Å². The van der Waals surface area contributed by atoms with E-state index < -0.39 is 0 Å². The molecule has 1 aliphatic heterocycles. The topological polar surface area (TPSA) is 29.0 Å². The Balaban J connectivity index is 2.32. The van der Waals surface area contributed by atoms with Crippen molar-refractivity contribution < 1.29 is 4.39 Å². The number of hydrogen-bond acceptors (Lipinski definition) is 3. The maximum Gasteiger partial charge on any atom is 0.187 e. The quantitative estimate of drug-likeness (QED) is 0.764. The van der Waals surface area contributed by atoms with Gasteiger partial charge in [0.05, 0.1) is 5.69 Å². The molecule has 88 valence electrons. The Hall–Kier alpha value is -0.900. The predicted molar refractivity (Wildman–Crippen MR) is 62.5 cm³/mol. The van der Waals surface area contributed by atoms with Crippen LogP contribution in [0.3, 0.4) is 0 Å². The molecule has 0 saturated carbocycles.